The lowest BCUT2D eigenvalue weighted by Gasteiger charge is -2.32. The zero-order chi connectivity index (χ0) is 17.6. The highest BCUT2D eigenvalue weighted by Gasteiger charge is 2.26. The molecule has 2 aromatic rings. The summed E-state index contributed by atoms with van der Waals surface area (Å²) in [6.45, 7) is 3.34. The Morgan fingerprint density at radius 1 is 1.16 bits per heavy atom. The van der Waals surface area contributed by atoms with Crippen molar-refractivity contribution in [2.24, 2.45) is 0 Å². The third-order valence-corrected chi connectivity index (χ3v) is 5.60. The highest BCUT2D eigenvalue weighted by molar-refractivity contribution is 7.15. The lowest BCUT2D eigenvalue weighted by molar-refractivity contribution is -0.0253. The van der Waals surface area contributed by atoms with Crippen molar-refractivity contribution in [3.8, 4) is 0 Å². The molecule has 0 aliphatic carbocycles. The first-order valence-corrected chi connectivity index (χ1v) is 9.50. The number of hydrogen-bond donors (Lipinski definition) is 0. The van der Waals surface area contributed by atoms with E-state index in [0.717, 1.165) is 19.3 Å². The second-order valence-corrected chi connectivity index (χ2v) is 7.43. The van der Waals surface area contributed by atoms with Crippen LogP contribution in [0.25, 0.3) is 0 Å². The molecule has 1 saturated heterocycles. The van der Waals surface area contributed by atoms with E-state index in [1.807, 2.05) is 11.0 Å². The van der Waals surface area contributed by atoms with Crippen molar-refractivity contribution in [2.45, 2.75) is 32.3 Å². The van der Waals surface area contributed by atoms with Gasteiger partial charge in [0.1, 0.15) is 0 Å². The maximum Gasteiger partial charge on any atom is 0.264 e. The molecule has 0 saturated carbocycles. The summed E-state index contributed by atoms with van der Waals surface area (Å²) in [4.78, 5) is 27.2. The van der Waals surface area contributed by atoms with Crippen LogP contribution in [-0.4, -0.2) is 42.4 Å². The number of hydrogen-bond acceptors (Lipinski definition) is 4. The van der Waals surface area contributed by atoms with E-state index >= 15 is 0 Å². The molecule has 5 heteroatoms. The van der Waals surface area contributed by atoms with Crippen molar-refractivity contribution < 1.29 is 14.3 Å². The number of amides is 1. The Labute approximate surface area is 152 Å². The molecule has 1 aromatic heterocycles. The minimum atomic E-state index is 0.00446. The third kappa shape index (κ3) is 4.77. The third-order valence-electron chi connectivity index (χ3n) is 4.42. The van der Waals surface area contributed by atoms with Crippen molar-refractivity contribution in [1.82, 2.24) is 4.90 Å². The predicted molar refractivity (Wildman–Crippen MR) is 99.3 cm³/mol. The van der Waals surface area contributed by atoms with Gasteiger partial charge in [-0.05, 0) is 43.9 Å². The molecule has 0 unspecified atom stereocenters. The van der Waals surface area contributed by atoms with Gasteiger partial charge >= 0.3 is 0 Å². The van der Waals surface area contributed by atoms with Crippen LogP contribution in [0, 0.1) is 0 Å². The topological polar surface area (TPSA) is 46.6 Å². The first-order chi connectivity index (χ1) is 12.1. The van der Waals surface area contributed by atoms with Gasteiger partial charge in [-0.2, -0.15) is 0 Å². The van der Waals surface area contributed by atoms with E-state index in [0.29, 0.717) is 29.5 Å². The summed E-state index contributed by atoms with van der Waals surface area (Å²) in [6, 6.07) is 13.9. The van der Waals surface area contributed by atoms with Crippen molar-refractivity contribution in [2.75, 3.05) is 19.7 Å². The Bertz CT molecular complexity index is 726. The number of benzene rings is 1. The molecule has 0 N–H and O–H groups in total. The molecule has 1 amide bonds. The van der Waals surface area contributed by atoms with Crippen molar-refractivity contribution >= 4 is 23.0 Å². The molecule has 0 bridgehead atoms. The summed E-state index contributed by atoms with van der Waals surface area (Å²) in [5, 5.41) is 0. The fourth-order valence-electron chi connectivity index (χ4n) is 3.05. The van der Waals surface area contributed by atoms with Gasteiger partial charge in [-0.3, -0.25) is 9.59 Å². The quantitative estimate of drug-likeness (QED) is 0.739. The van der Waals surface area contributed by atoms with Crippen LogP contribution >= 0.6 is 11.3 Å². The van der Waals surface area contributed by atoms with E-state index in [1.54, 1.807) is 12.1 Å². The van der Waals surface area contributed by atoms with Crippen molar-refractivity contribution in [3.05, 3.63) is 57.8 Å². The standard InChI is InChI=1S/C20H23NO3S/c1-15(22)18-10-11-19(25-18)20(23)21-12-13-24-17(14-21)9-5-8-16-6-3-2-4-7-16/h2-4,6-7,10-11,17H,5,8-9,12-14H2,1H3/t17-/m0/s1. The molecule has 0 radical (unpaired) electrons. The number of carbonyl (C=O) groups excluding carboxylic acids is 2. The van der Waals surface area contributed by atoms with E-state index in [1.165, 1.54) is 23.8 Å². The summed E-state index contributed by atoms with van der Waals surface area (Å²) in [5.41, 5.74) is 1.33. The van der Waals surface area contributed by atoms with Gasteiger partial charge in [0.15, 0.2) is 5.78 Å². The molecule has 1 fully saturated rings. The Morgan fingerprint density at radius 2 is 1.92 bits per heavy atom. The minimum Gasteiger partial charge on any atom is -0.375 e. The molecule has 3 rings (SSSR count). The Balaban J connectivity index is 1.51. The zero-order valence-corrected chi connectivity index (χ0v) is 15.3. The van der Waals surface area contributed by atoms with E-state index in [-0.39, 0.29) is 17.8 Å². The van der Waals surface area contributed by atoms with E-state index in [2.05, 4.69) is 24.3 Å². The number of thiophene rings is 1. The van der Waals surface area contributed by atoms with Crippen LogP contribution in [0.2, 0.25) is 0 Å². The number of ether oxygens (including phenoxy) is 1. The average Bonchev–Trinajstić information content (AvgIpc) is 3.13. The van der Waals surface area contributed by atoms with Gasteiger partial charge in [0.05, 0.1) is 22.5 Å². The zero-order valence-electron chi connectivity index (χ0n) is 14.4. The van der Waals surface area contributed by atoms with E-state index in [9.17, 15) is 9.59 Å². The fourth-order valence-corrected chi connectivity index (χ4v) is 3.92. The van der Waals surface area contributed by atoms with Crippen LogP contribution < -0.4 is 0 Å². The molecule has 2 heterocycles. The van der Waals surface area contributed by atoms with Gasteiger partial charge in [-0.15, -0.1) is 11.3 Å². The lowest BCUT2D eigenvalue weighted by atomic mass is 10.1. The van der Waals surface area contributed by atoms with Crippen LogP contribution in [0.3, 0.4) is 0 Å². The molecule has 1 aliphatic heterocycles. The smallest absolute Gasteiger partial charge is 0.264 e. The number of nitrogens with zero attached hydrogens (tertiary/aromatic N) is 1. The minimum absolute atomic E-state index is 0.00446. The molecule has 1 aliphatic rings. The van der Waals surface area contributed by atoms with Gasteiger partial charge < -0.3 is 9.64 Å². The second-order valence-electron chi connectivity index (χ2n) is 6.34. The summed E-state index contributed by atoms with van der Waals surface area (Å²) in [5.74, 6) is 0.0127. The highest BCUT2D eigenvalue weighted by atomic mass is 32.1. The molecule has 0 spiro atoms. The Hall–Kier alpha value is -1.98. The predicted octanol–water partition coefficient (Wildman–Crippen LogP) is 3.81. The van der Waals surface area contributed by atoms with Gasteiger partial charge in [0, 0.05) is 13.1 Å². The molecular weight excluding hydrogens is 334 g/mol. The monoisotopic (exact) mass is 357 g/mol. The fraction of sp³-hybridized carbons (Fsp3) is 0.400. The largest absolute Gasteiger partial charge is 0.375 e. The van der Waals surface area contributed by atoms with Crippen LogP contribution in [0.5, 0.6) is 0 Å². The number of morpholine rings is 1. The molecule has 132 valence electrons. The first-order valence-electron chi connectivity index (χ1n) is 8.69. The maximum atomic E-state index is 12.6. The Kier molecular flexibility index (Phi) is 6.00. The lowest BCUT2D eigenvalue weighted by Crippen LogP contribution is -2.45. The number of ketones is 1. The van der Waals surface area contributed by atoms with Crippen LogP contribution in [0.4, 0.5) is 0 Å². The summed E-state index contributed by atoms with van der Waals surface area (Å²) < 4.78 is 5.83. The molecule has 1 atom stereocenters. The van der Waals surface area contributed by atoms with Crippen molar-refractivity contribution in [1.29, 1.82) is 0 Å². The normalized spacial score (nSPS) is 17.5. The van der Waals surface area contributed by atoms with Crippen LogP contribution in [-0.2, 0) is 11.2 Å². The maximum absolute atomic E-state index is 12.6. The SMILES string of the molecule is CC(=O)c1ccc(C(=O)N2CCO[C@@H](CCCc3ccccc3)C2)s1. The number of carbonyl (C=O) groups is 2. The molecular formula is C20H23NO3S. The average molecular weight is 357 g/mol. The second kappa shape index (κ2) is 8.41. The van der Waals surface area contributed by atoms with Crippen LogP contribution in [0.15, 0.2) is 42.5 Å². The molecule has 1 aromatic carbocycles. The first kappa shape index (κ1) is 17.8. The van der Waals surface area contributed by atoms with E-state index in [4.69, 9.17) is 4.74 Å². The number of aryl methyl sites for hydroxylation is 1. The summed E-state index contributed by atoms with van der Waals surface area (Å²) in [7, 11) is 0. The van der Waals surface area contributed by atoms with E-state index < -0.39 is 0 Å². The van der Waals surface area contributed by atoms with Gasteiger partial charge in [-0.25, -0.2) is 0 Å². The van der Waals surface area contributed by atoms with Gasteiger partial charge in [0.2, 0.25) is 0 Å². The molecule has 25 heavy (non-hydrogen) atoms. The number of Topliss-reactive ketones (excluding diaryl/α,β-unsaturated/α-hetero) is 1. The van der Waals surface area contributed by atoms with Gasteiger partial charge in [-0.1, -0.05) is 30.3 Å². The van der Waals surface area contributed by atoms with Gasteiger partial charge in [0.25, 0.3) is 5.91 Å². The summed E-state index contributed by atoms with van der Waals surface area (Å²) in [6.07, 6.45) is 3.11. The Morgan fingerprint density at radius 3 is 2.64 bits per heavy atom. The highest BCUT2D eigenvalue weighted by Crippen LogP contribution is 2.21. The number of rotatable bonds is 6. The van der Waals surface area contributed by atoms with Crippen molar-refractivity contribution in [3.63, 3.8) is 0 Å². The van der Waals surface area contributed by atoms with Crippen LogP contribution in [0.1, 0.15) is 44.7 Å². The summed E-state index contributed by atoms with van der Waals surface area (Å²) >= 11 is 1.28. The molecule has 4 nitrogen and oxygen atoms in total.